The van der Waals surface area contributed by atoms with E-state index in [1.807, 2.05) is 20.8 Å². The Balaban J connectivity index is 2.26. The zero-order chi connectivity index (χ0) is 15.6. The van der Waals surface area contributed by atoms with Crippen molar-refractivity contribution in [1.29, 1.82) is 0 Å². The lowest BCUT2D eigenvalue weighted by atomic mass is 10.1. The van der Waals surface area contributed by atoms with Crippen LogP contribution in [0.25, 0.3) is 0 Å². The van der Waals surface area contributed by atoms with E-state index in [0.717, 1.165) is 12.8 Å². The maximum atomic E-state index is 13.4. The SMILES string of the molecule is COc1cnc(F)cc1C1CCCN1C(=O)OC(C)(C)C. The molecule has 5 nitrogen and oxygen atoms in total. The Kier molecular flexibility index (Phi) is 4.34. The summed E-state index contributed by atoms with van der Waals surface area (Å²) in [6.07, 6.45) is 2.55. The number of likely N-dealkylation sites (tertiary alicyclic amines) is 1. The Labute approximate surface area is 124 Å². The molecule has 2 rings (SSSR count). The van der Waals surface area contributed by atoms with Crippen LogP contribution in [0.5, 0.6) is 5.75 Å². The fourth-order valence-electron chi connectivity index (χ4n) is 2.49. The summed E-state index contributed by atoms with van der Waals surface area (Å²) in [6.45, 7) is 6.06. The van der Waals surface area contributed by atoms with Crippen molar-refractivity contribution in [3.63, 3.8) is 0 Å². The van der Waals surface area contributed by atoms with Gasteiger partial charge in [0.15, 0.2) is 0 Å². The zero-order valence-corrected chi connectivity index (χ0v) is 12.9. The van der Waals surface area contributed by atoms with Gasteiger partial charge in [-0.3, -0.25) is 0 Å². The molecule has 0 radical (unpaired) electrons. The molecule has 1 saturated heterocycles. The summed E-state index contributed by atoms with van der Waals surface area (Å²) in [5, 5.41) is 0. The summed E-state index contributed by atoms with van der Waals surface area (Å²) in [5.41, 5.74) is 0.0750. The van der Waals surface area contributed by atoms with Crippen LogP contribution in [0.2, 0.25) is 0 Å². The van der Waals surface area contributed by atoms with Gasteiger partial charge in [-0.2, -0.15) is 4.39 Å². The van der Waals surface area contributed by atoms with Crippen molar-refractivity contribution < 1.29 is 18.7 Å². The number of rotatable bonds is 2. The summed E-state index contributed by atoms with van der Waals surface area (Å²) >= 11 is 0. The molecule has 21 heavy (non-hydrogen) atoms. The number of carbonyl (C=O) groups is 1. The maximum absolute atomic E-state index is 13.4. The molecule has 116 valence electrons. The van der Waals surface area contributed by atoms with Crippen LogP contribution in [0, 0.1) is 5.95 Å². The highest BCUT2D eigenvalue weighted by molar-refractivity contribution is 5.69. The molecular formula is C15H21FN2O3. The van der Waals surface area contributed by atoms with Gasteiger partial charge in [0.2, 0.25) is 5.95 Å². The predicted octanol–water partition coefficient (Wildman–Crippen LogP) is 3.30. The van der Waals surface area contributed by atoms with Crippen LogP contribution in [0.4, 0.5) is 9.18 Å². The lowest BCUT2D eigenvalue weighted by Gasteiger charge is -2.29. The van der Waals surface area contributed by atoms with Crippen LogP contribution in [0.3, 0.4) is 0 Å². The van der Waals surface area contributed by atoms with Crippen molar-refractivity contribution in [3.8, 4) is 5.75 Å². The van der Waals surface area contributed by atoms with Gasteiger partial charge in [-0.15, -0.1) is 0 Å². The fraction of sp³-hybridized carbons (Fsp3) is 0.600. The minimum Gasteiger partial charge on any atom is -0.495 e. The number of amides is 1. The molecule has 1 aromatic rings. The number of nitrogens with zero attached hydrogens (tertiary/aromatic N) is 2. The number of ether oxygens (including phenoxy) is 2. The Bertz CT molecular complexity index is 528. The number of carbonyl (C=O) groups excluding carboxylic acids is 1. The lowest BCUT2D eigenvalue weighted by Crippen LogP contribution is -2.36. The molecule has 1 aliphatic heterocycles. The van der Waals surface area contributed by atoms with Crippen molar-refractivity contribution in [2.24, 2.45) is 0 Å². The third-order valence-electron chi connectivity index (χ3n) is 3.32. The van der Waals surface area contributed by atoms with E-state index in [4.69, 9.17) is 9.47 Å². The van der Waals surface area contributed by atoms with E-state index in [2.05, 4.69) is 4.98 Å². The average molecular weight is 296 g/mol. The number of hydrogen-bond acceptors (Lipinski definition) is 4. The van der Waals surface area contributed by atoms with Gasteiger partial charge in [-0.25, -0.2) is 9.78 Å². The molecule has 0 saturated carbocycles. The fourth-order valence-corrected chi connectivity index (χ4v) is 2.49. The summed E-state index contributed by atoms with van der Waals surface area (Å²) < 4.78 is 24.1. The van der Waals surface area contributed by atoms with Crippen LogP contribution < -0.4 is 4.74 Å². The van der Waals surface area contributed by atoms with Gasteiger partial charge in [-0.1, -0.05) is 0 Å². The molecule has 0 aliphatic carbocycles. The van der Waals surface area contributed by atoms with Gasteiger partial charge in [0.25, 0.3) is 0 Å². The van der Waals surface area contributed by atoms with E-state index in [1.165, 1.54) is 19.4 Å². The first kappa shape index (κ1) is 15.5. The summed E-state index contributed by atoms with van der Waals surface area (Å²) in [5.74, 6) is -0.0984. The summed E-state index contributed by atoms with van der Waals surface area (Å²) in [4.78, 5) is 17.5. The second-order valence-corrected chi connectivity index (χ2v) is 6.08. The number of methoxy groups -OCH3 is 1. The van der Waals surface area contributed by atoms with Gasteiger partial charge < -0.3 is 14.4 Å². The molecule has 1 unspecified atom stereocenters. The molecule has 1 aliphatic rings. The second-order valence-electron chi connectivity index (χ2n) is 6.08. The minimum absolute atomic E-state index is 0.243. The topological polar surface area (TPSA) is 51.7 Å². The van der Waals surface area contributed by atoms with Crippen LogP contribution in [0.15, 0.2) is 12.3 Å². The summed E-state index contributed by atoms with van der Waals surface area (Å²) in [6, 6.07) is 1.08. The van der Waals surface area contributed by atoms with Crippen LogP contribution in [-0.4, -0.2) is 35.2 Å². The normalized spacial score (nSPS) is 18.7. The van der Waals surface area contributed by atoms with Crippen LogP contribution in [0.1, 0.15) is 45.2 Å². The molecule has 0 spiro atoms. The standard InChI is InChI=1S/C15H21FN2O3/c1-15(2,3)21-14(19)18-7-5-6-11(18)10-8-13(16)17-9-12(10)20-4/h8-9,11H,5-7H2,1-4H3. The predicted molar refractivity (Wildman–Crippen MR) is 75.7 cm³/mol. The van der Waals surface area contributed by atoms with Gasteiger partial charge in [0.1, 0.15) is 11.4 Å². The van der Waals surface area contributed by atoms with Crippen LogP contribution in [-0.2, 0) is 4.74 Å². The minimum atomic E-state index is -0.582. The van der Waals surface area contributed by atoms with Gasteiger partial charge in [0, 0.05) is 18.2 Å². The zero-order valence-electron chi connectivity index (χ0n) is 12.9. The average Bonchev–Trinajstić information content (AvgIpc) is 2.85. The van der Waals surface area contributed by atoms with Crippen molar-refractivity contribution in [2.45, 2.75) is 45.3 Å². The smallest absolute Gasteiger partial charge is 0.410 e. The Morgan fingerprint density at radius 1 is 1.48 bits per heavy atom. The van der Waals surface area contributed by atoms with Crippen molar-refractivity contribution in [3.05, 3.63) is 23.8 Å². The highest BCUT2D eigenvalue weighted by atomic mass is 19.1. The third-order valence-corrected chi connectivity index (χ3v) is 3.32. The van der Waals surface area contributed by atoms with E-state index < -0.39 is 11.5 Å². The highest BCUT2D eigenvalue weighted by Crippen LogP contribution is 2.37. The Morgan fingerprint density at radius 2 is 2.19 bits per heavy atom. The van der Waals surface area contributed by atoms with E-state index in [1.54, 1.807) is 4.90 Å². The van der Waals surface area contributed by atoms with Crippen LogP contribution >= 0.6 is 0 Å². The van der Waals surface area contributed by atoms with E-state index in [0.29, 0.717) is 17.9 Å². The maximum Gasteiger partial charge on any atom is 0.410 e. The van der Waals surface area contributed by atoms with Crippen molar-refractivity contribution in [2.75, 3.05) is 13.7 Å². The molecule has 0 N–H and O–H groups in total. The molecule has 2 heterocycles. The number of halogens is 1. The first-order valence-corrected chi connectivity index (χ1v) is 7.01. The molecule has 1 atom stereocenters. The number of pyridine rings is 1. The number of aromatic nitrogens is 1. The first-order valence-electron chi connectivity index (χ1n) is 7.01. The Hall–Kier alpha value is -1.85. The molecule has 1 amide bonds. The molecule has 0 bridgehead atoms. The van der Waals surface area contributed by atoms with Crippen molar-refractivity contribution in [1.82, 2.24) is 9.88 Å². The second kappa shape index (κ2) is 5.87. The lowest BCUT2D eigenvalue weighted by molar-refractivity contribution is 0.0222. The van der Waals surface area contributed by atoms with E-state index in [-0.39, 0.29) is 12.1 Å². The van der Waals surface area contributed by atoms with Gasteiger partial charge >= 0.3 is 6.09 Å². The number of hydrogen-bond donors (Lipinski definition) is 0. The van der Waals surface area contributed by atoms with Crippen molar-refractivity contribution >= 4 is 6.09 Å². The monoisotopic (exact) mass is 296 g/mol. The molecule has 6 heteroatoms. The summed E-state index contributed by atoms with van der Waals surface area (Å²) in [7, 11) is 1.51. The van der Waals surface area contributed by atoms with E-state index in [9.17, 15) is 9.18 Å². The highest BCUT2D eigenvalue weighted by Gasteiger charge is 2.35. The van der Waals surface area contributed by atoms with Gasteiger partial charge in [-0.05, 0) is 33.6 Å². The first-order chi connectivity index (χ1) is 9.81. The quantitative estimate of drug-likeness (QED) is 0.786. The molecular weight excluding hydrogens is 275 g/mol. The third kappa shape index (κ3) is 3.62. The Morgan fingerprint density at radius 3 is 2.81 bits per heavy atom. The molecule has 0 aromatic carbocycles. The largest absolute Gasteiger partial charge is 0.495 e. The molecule has 1 aromatic heterocycles. The van der Waals surface area contributed by atoms with Gasteiger partial charge in [0.05, 0.1) is 19.3 Å². The van der Waals surface area contributed by atoms with E-state index >= 15 is 0 Å². The molecule has 1 fully saturated rings.